The smallest absolute Gasteiger partial charge is 1.00 e. The third-order valence-electron chi connectivity index (χ3n) is 5.41. The number of benzene rings is 2. The Morgan fingerprint density at radius 1 is 1.14 bits per heavy atom. The fourth-order valence-electron chi connectivity index (χ4n) is 3.87. The maximum Gasteiger partial charge on any atom is 1.00 e. The molecular formula is C22H18ClF3N3NaO7. The van der Waals surface area contributed by atoms with Crippen molar-refractivity contribution in [2.45, 2.75) is 18.4 Å². The Bertz CT molecular complexity index is 1270. The molecule has 0 saturated carbocycles. The third kappa shape index (κ3) is 5.55. The molecule has 4 rings (SSSR count). The molecule has 10 nitrogen and oxygen atoms in total. The van der Waals surface area contributed by atoms with Crippen LogP contribution in [-0.4, -0.2) is 61.7 Å². The summed E-state index contributed by atoms with van der Waals surface area (Å²) in [6, 6.07) is 7.70. The number of carbonyl (C=O) groups is 3. The van der Waals surface area contributed by atoms with E-state index in [1.165, 1.54) is 7.11 Å². The van der Waals surface area contributed by atoms with Crippen molar-refractivity contribution < 1.29 is 77.5 Å². The molecule has 1 aliphatic carbocycles. The molecule has 1 heterocycles. The number of alkyl halides is 3. The molecule has 2 aromatic carbocycles. The van der Waals surface area contributed by atoms with Crippen molar-refractivity contribution in [2.75, 3.05) is 25.9 Å². The van der Waals surface area contributed by atoms with Crippen molar-refractivity contribution in [3.05, 3.63) is 58.6 Å². The van der Waals surface area contributed by atoms with Gasteiger partial charge in [-0.25, -0.2) is 14.4 Å². The van der Waals surface area contributed by atoms with Crippen molar-refractivity contribution in [3.63, 3.8) is 0 Å². The monoisotopic (exact) mass is 551 g/mol. The number of urea groups is 1. The van der Waals surface area contributed by atoms with Gasteiger partial charge in [0.1, 0.15) is 18.2 Å². The molecule has 0 aromatic heterocycles. The molecule has 0 radical (unpaired) electrons. The zero-order valence-corrected chi connectivity index (χ0v) is 22.4. The molecule has 15 heteroatoms. The number of hydrazone groups is 1. The Morgan fingerprint density at radius 3 is 2.41 bits per heavy atom. The van der Waals surface area contributed by atoms with Gasteiger partial charge in [-0.3, -0.25) is 0 Å². The topological polar surface area (TPSA) is 107 Å². The number of methoxy groups -OCH3 is 2. The average molecular weight is 552 g/mol. The van der Waals surface area contributed by atoms with Gasteiger partial charge in [-0.05, 0) is 42.0 Å². The number of hydrogen-bond acceptors (Lipinski definition) is 8. The van der Waals surface area contributed by atoms with E-state index in [4.69, 9.17) is 21.1 Å². The van der Waals surface area contributed by atoms with Crippen LogP contribution in [-0.2, 0) is 25.4 Å². The van der Waals surface area contributed by atoms with Gasteiger partial charge in [0.2, 0.25) is 5.60 Å². The molecule has 0 saturated heterocycles. The molecule has 1 aliphatic heterocycles. The van der Waals surface area contributed by atoms with Gasteiger partial charge in [0.15, 0.2) is 0 Å². The molecule has 0 bridgehead atoms. The first kappa shape index (κ1) is 28.7. The minimum atomic E-state index is -4.92. The predicted molar refractivity (Wildman–Crippen MR) is 119 cm³/mol. The first-order chi connectivity index (χ1) is 17.0. The van der Waals surface area contributed by atoms with Crippen LogP contribution in [0.2, 0.25) is 5.02 Å². The minimum Gasteiger partial charge on any atom is -1.00 e. The maximum atomic E-state index is 13.3. The first-order valence-electron chi connectivity index (χ1n) is 10.1. The molecule has 192 valence electrons. The van der Waals surface area contributed by atoms with E-state index >= 15 is 0 Å². The SMILES string of the molecule is COC(=O)N(C(=O)N1CO[C@@]2(C(=O)OC)Cc3cc(Cl)ccc3C2=N1)c1ccc(OC(F)(F)F)cc1.[H-].[Na+]. The fraction of sp³-hybridized carbons (Fsp3) is 0.273. The van der Waals surface area contributed by atoms with E-state index in [1.807, 2.05) is 0 Å². The molecule has 3 amide bonds. The van der Waals surface area contributed by atoms with Crippen LogP contribution in [0.4, 0.5) is 28.4 Å². The zero-order valence-electron chi connectivity index (χ0n) is 20.7. The minimum absolute atomic E-state index is 0. The van der Waals surface area contributed by atoms with Gasteiger partial charge in [0, 0.05) is 17.0 Å². The van der Waals surface area contributed by atoms with Gasteiger partial charge in [0.25, 0.3) is 0 Å². The number of fused-ring (bicyclic) bond motifs is 3. The summed E-state index contributed by atoms with van der Waals surface area (Å²) in [5.74, 6) is -1.31. The molecule has 37 heavy (non-hydrogen) atoms. The van der Waals surface area contributed by atoms with E-state index in [0.29, 0.717) is 21.0 Å². The number of imide groups is 1. The van der Waals surface area contributed by atoms with Crippen molar-refractivity contribution in [2.24, 2.45) is 5.10 Å². The van der Waals surface area contributed by atoms with Crippen LogP contribution in [0.25, 0.3) is 0 Å². The van der Waals surface area contributed by atoms with Gasteiger partial charge < -0.3 is 20.4 Å². The van der Waals surface area contributed by atoms with E-state index < -0.39 is 42.5 Å². The fourth-order valence-corrected chi connectivity index (χ4v) is 4.07. The standard InChI is InChI=1S/C22H17ClF3N3O7.Na.H/c1-33-18(30)21-10-12-9-13(23)3-8-16(12)17(21)27-28(11-35-21)19(31)29(20(32)34-2)14-4-6-15(7-5-14)36-22(24,25)26;;/h3-9H,10-11H2,1-2H3;;/q;+1;-1/t21-;;/m0../s1. The van der Waals surface area contributed by atoms with E-state index in [0.717, 1.165) is 36.4 Å². The van der Waals surface area contributed by atoms with Gasteiger partial charge in [-0.15, -0.1) is 13.2 Å². The first-order valence-corrected chi connectivity index (χ1v) is 10.5. The number of hydrogen-bond donors (Lipinski definition) is 0. The summed E-state index contributed by atoms with van der Waals surface area (Å²) >= 11 is 6.07. The number of amides is 3. The summed E-state index contributed by atoms with van der Waals surface area (Å²) in [5, 5.41) is 5.48. The number of carbonyl (C=O) groups excluding carboxylic acids is 3. The summed E-state index contributed by atoms with van der Waals surface area (Å²) in [7, 11) is 2.19. The van der Waals surface area contributed by atoms with Gasteiger partial charge in [0.05, 0.1) is 19.9 Å². The molecule has 2 aliphatic rings. The van der Waals surface area contributed by atoms with Crippen LogP contribution in [0.1, 0.15) is 12.6 Å². The van der Waals surface area contributed by atoms with Crippen LogP contribution in [0.15, 0.2) is 47.6 Å². The average Bonchev–Trinajstić information content (AvgIpc) is 3.17. The second-order valence-electron chi connectivity index (χ2n) is 7.55. The molecule has 2 aromatic rings. The molecule has 0 fully saturated rings. The van der Waals surface area contributed by atoms with Crippen LogP contribution in [0.3, 0.4) is 0 Å². The van der Waals surface area contributed by atoms with Crippen molar-refractivity contribution in [1.82, 2.24) is 5.01 Å². The number of halogens is 4. The normalized spacial score (nSPS) is 18.0. The van der Waals surface area contributed by atoms with Crippen LogP contribution in [0, 0.1) is 0 Å². The summed E-state index contributed by atoms with van der Waals surface area (Å²) in [5.41, 5.74) is -0.582. The second kappa shape index (κ2) is 10.9. The maximum absolute atomic E-state index is 13.3. The van der Waals surface area contributed by atoms with E-state index in [2.05, 4.69) is 14.6 Å². The molecule has 1 atom stereocenters. The van der Waals surface area contributed by atoms with Crippen molar-refractivity contribution in [1.29, 1.82) is 0 Å². The Kier molecular flexibility index (Phi) is 8.44. The molecule has 0 N–H and O–H groups in total. The second-order valence-corrected chi connectivity index (χ2v) is 7.98. The van der Waals surface area contributed by atoms with Gasteiger partial charge in [-0.1, -0.05) is 17.7 Å². The number of rotatable bonds is 3. The number of esters is 1. The summed E-state index contributed by atoms with van der Waals surface area (Å²) in [6.07, 6.45) is -6.01. The van der Waals surface area contributed by atoms with Crippen molar-refractivity contribution in [3.8, 4) is 5.75 Å². The van der Waals surface area contributed by atoms with Crippen LogP contribution < -0.4 is 39.2 Å². The third-order valence-corrected chi connectivity index (χ3v) is 5.65. The van der Waals surface area contributed by atoms with Gasteiger partial charge in [-0.2, -0.15) is 15.0 Å². The van der Waals surface area contributed by atoms with Gasteiger partial charge >= 0.3 is 54.0 Å². The summed E-state index contributed by atoms with van der Waals surface area (Å²) < 4.78 is 56.6. The Balaban J connectivity index is 0.00000253. The number of nitrogens with zero attached hydrogens (tertiary/aromatic N) is 3. The van der Waals surface area contributed by atoms with E-state index in [9.17, 15) is 27.6 Å². The molecule has 0 unspecified atom stereocenters. The predicted octanol–water partition coefficient (Wildman–Crippen LogP) is 1.21. The Labute approximate surface area is 236 Å². The van der Waals surface area contributed by atoms with Crippen LogP contribution >= 0.6 is 11.6 Å². The van der Waals surface area contributed by atoms with Crippen LogP contribution in [0.5, 0.6) is 5.75 Å². The quantitative estimate of drug-likeness (QED) is 0.417. The van der Waals surface area contributed by atoms with E-state index in [1.54, 1.807) is 18.2 Å². The number of anilines is 1. The Hall–Kier alpha value is -2.84. The molecular weight excluding hydrogens is 534 g/mol. The zero-order chi connectivity index (χ0) is 26.3. The summed E-state index contributed by atoms with van der Waals surface area (Å²) in [6.45, 7) is -0.554. The molecule has 0 spiro atoms. The number of ether oxygens (including phenoxy) is 4. The largest absolute Gasteiger partial charge is 1.00 e. The summed E-state index contributed by atoms with van der Waals surface area (Å²) in [4.78, 5) is 39.0. The van der Waals surface area contributed by atoms with Crippen molar-refractivity contribution >= 4 is 41.1 Å². The van der Waals surface area contributed by atoms with E-state index in [-0.39, 0.29) is 48.8 Å². The Morgan fingerprint density at radius 2 is 1.81 bits per heavy atom.